The molecule has 0 aliphatic carbocycles. The van der Waals surface area contributed by atoms with E-state index in [4.69, 9.17) is 4.42 Å². The van der Waals surface area contributed by atoms with Gasteiger partial charge in [0.2, 0.25) is 5.91 Å². The molecule has 0 fully saturated rings. The number of hydrogen-bond donors (Lipinski definition) is 0. The lowest BCUT2D eigenvalue weighted by molar-refractivity contribution is -0.133. The minimum atomic E-state index is -0.0207. The molecule has 3 aromatic rings. The summed E-state index contributed by atoms with van der Waals surface area (Å²) in [6, 6.07) is 9.38. The van der Waals surface area contributed by atoms with Crippen LogP contribution in [0.5, 0.6) is 0 Å². The number of nitrogens with zero attached hydrogens (tertiary/aromatic N) is 4. The molecule has 0 atom stereocenters. The lowest BCUT2D eigenvalue weighted by atomic mass is 10.2. The van der Waals surface area contributed by atoms with Crippen molar-refractivity contribution in [2.24, 2.45) is 0 Å². The second kappa shape index (κ2) is 7.34. The van der Waals surface area contributed by atoms with Crippen LogP contribution in [-0.4, -0.2) is 25.6 Å². The Hall–Kier alpha value is -2.89. The number of carbonyl (C=O) groups is 1. The molecule has 0 spiro atoms. The lowest BCUT2D eigenvalue weighted by Gasteiger charge is -2.21. The molecule has 6 nitrogen and oxygen atoms in total. The van der Waals surface area contributed by atoms with Crippen molar-refractivity contribution in [3.05, 3.63) is 71.2 Å². The molecule has 0 saturated heterocycles. The molecular weight excluding hydrogens is 316 g/mol. The maximum absolute atomic E-state index is 12.9. The number of rotatable bonds is 6. The third-order valence-electron chi connectivity index (χ3n) is 4.39. The van der Waals surface area contributed by atoms with Gasteiger partial charge in [0, 0.05) is 11.9 Å². The predicted octanol–water partition coefficient (Wildman–Crippen LogP) is 3.03. The van der Waals surface area contributed by atoms with Crippen molar-refractivity contribution >= 4 is 5.91 Å². The third-order valence-corrected chi connectivity index (χ3v) is 4.39. The van der Waals surface area contributed by atoms with Crippen molar-refractivity contribution in [1.82, 2.24) is 19.7 Å². The summed E-state index contributed by atoms with van der Waals surface area (Å²) in [5.41, 5.74) is 3.93. The van der Waals surface area contributed by atoms with E-state index >= 15 is 0 Å². The summed E-state index contributed by atoms with van der Waals surface area (Å²) in [4.78, 5) is 19.0. The highest BCUT2D eigenvalue weighted by Crippen LogP contribution is 2.14. The highest BCUT2D eigenvalue weighted by atomic mass is 16.3. The SMILES string of the molecule is Cc1nn(CC(=O)N(Cc2ccccn2)Cc2ccco2)c(C)c1C. The van der Waals surface area contributed by atoms with E-state index in [1.165, 1.54) is 0 Å². The zero-order valence-corrected chi connectivity index (χ0v) is 14.8. The second-order valence-corrected chi connectivity index (χ2v) is 6.10. The van der Waals surface area contributed by atoms with Gasteiger partial charge in [-0.15, -0.1) is 0 Å². The van der Waals surface area contributed by atoms with Crippen LogP contribution >= 0.6 is 0 Å². The molecule has 0 aliphatic heterocycles. The van der Waals surface area contributed by atoms with Gasteiger partial charge in [0.25, 0.3) is 0 Å². The molecule has 0 unspecified atom stereocenters. The van der Waals surface area contributed by atoms with Crippen LogP contribution in [0.1, 0.15) is 28.4 Å². The van der Waals surface area contributed by atoms with E-state index in [1.807, 2.05) is 51.1 Å². The number of furan rings is 1. The first-order valence-corrected chi connectivity index (χ1v) is 8.25. The molecule has 3 aromatic heterocycles. The van der Waals surface area contributed by atoms with E-state index in [0.717, 1.165) is 28.4 Å². The van der Waals surface area contributed by atoms with Crippen molar-refractivity contribution in [3.63, 3.8) is 0 Å². The molecule has 3 rings (SSSR count). The maximum atomic E-state index is 12.9. The van der Waals surface area contributed by atoms with Crippen molar-refractivity contribution in [1.29, 1.82) is 0 Å². The van der Waals surface area contributed by atoms with E-state index in [2.05, 4.69) is 10.1 Å². The fraction of sp³-hybridized carbons (Fsp3) is 0.316. The fourth-order valence-electron chi connectivity index (χ4n) is 2.68. The Labute approximate surface area is 147 Å². The first kappa shape index (κ1) is 17.0. The van der Waals surface area contributed by atoms with E-state index in [0.29, 0.717) is 13.1 Å². The number of aromatic nitrogens is 3. The molecule has 25 heavy (non-hydrogen) atoms. The van der Waals surface area contributed by atoms with Crippen molar-refractivity contribution < 1.29 is 9.21 Å². The van der Waals surface area contributed by atoms with Crippen LogP contribution in [0.3, 0.4) is 0 Å². The number of hydrogen-bond acceptors (Lipinski definition) is 4. The van der Waals surface area contributed by atoms with Gasteiger partial charge >= 0.3 is 0 Å². The minimum Gasteiger partial charge on any atom is -0.467 e. The summed E-state index contributed by atoms with van der Waals surface area (Å²) >= 11 is 0. The maximum Gasteiger partial charge on any atom is 0.245 e. The molecule has 3 heterocycles. The standard InChI is InChI=1S/C19H22N4O2/c1-14-15(2)21-23(16(14)3)13-19(24)22(12-18-8-6-10-25-18)11-17-7-4-5-9-20-17/h4-10H,11-13H2,1-3H3. The van der Waals surface area contributed by atoms with Gasteiger partial charge in [-0.05, 0) is 50.6 Å². The normalized spacial score (nSPS) is 10.8. The lowest BCUT2D eigenvalue weighted by Crippen LogP contribution is -2.33. The molecule has 0 N–H and O–H groups in total. The first-order chi connectivity index (χ1) is 12.0. The van der Waals surface area contributed by atoms with Crippen LogP contribution in [0.15, 0.2) is 47.2 Å². The third kappa shape index (κ3) is 3.96. The second-order valence-electron chi connectivity index (χ2n) is 6.10. The monoisotopic (exact) mass is 338 g/mol. The number of carbonyl (C=O) groups excluding carboxylic acids is 1. The smallest absolute Gasteiger partial charge is 0.245 e. The molecule has 0 aliphatic rings. The van der Waals surface area contributed by atoms with Gasteiger partial charge in [0.1, 0.15) is 12.3 Å². The van der Waals surface area contributed by atoms with Crippen LogP contribution in [0, 0.1) is 20.8 Å². The largest absolute Gasteiger partial charge is 0.467 e. The van der Waals surface area contributed by atoms with Gasteiger partial charge in [-0.1, -0.05) is 6.07 Å². The molecule has 0 aromatic carbocycles. The molecular formula is C19H22N4O2. The molecule has 130 valence electrons. The van der Waals surface area contributed by atoms with Gasteiger partial charge in [-0.3, -0.25) is 14.5 Å². The molecule has 1 amide bonds. The first-order valence-electron chi connectivity index (χ1n) is 8.25. The summed E-state index contributed by atoms with van der Waals surface area (Å²) < 4.78 is 7.18. The summed E-state index contributed by atoms with van der Waals surface area (Å²) in [6.45, 7) is 7.00. The zero-order chi connectivity index (χ0) is 17.8. The van der Waals surface area contributed by atoms with Gasteiger partial charge in [-0.25, -0.2) is 0 Å². The highest BCUT2D eigenvalue weighted by molar-refractivity contribution is 5.76. The van der Waals surface area contributed by atoms with Crippen molar-refractivity contribution in [3.8, 4) is 0 Å². The van der Waals surface area contributed by atoms with Crippen LogP contribution in [0.25, 0.3) is 0 Å². The zero-order valence-electron chi connectivity index (χ0n) is 14.8. The number of amides is 1. The Bertz CT molecular complexity index is 838. The summed E-state index contributed by atoms with van der Waals surface area (Å²) in [5.74, 6) is 0.724. The quantitative estimate of drug-likeness (QED) is 0.693. The molecule has 0 bridgehead atoms. The van der Waals surface area contributed by atoms with Crippen molar-refractivity contribution in [2.45, 2.75) is 40.4 Å². The average Bonchev–Trinajstić information content (AvgIpc) is 3.20. The molecule has 6 heteroatoms. The van der Waals surface area contributed by atoms with Crippen LogP contribution in [-0.2, 0) is 24.4 Å². The Morgan fingerprint density at radius 1 is 1.16 bits per heavy atom. The van der Waals surface area contributed by atoms with Crippen molar-refractivity contribution in [2.75, 3.05) is 0 Å². The molecule has 0 saturated carbocycles. The van der Waals surface area contributed by atoms with Gasteiger partial charge in [-0.2, -0.15) is 5.10 Å². The summed E-state index contributed by atoms with van der Waals surface area (Å²) in [7, 11) is 0. The van der Waals surface area contributed by atoms with Gasteiger partial charge in [0.05, 0.1) is 30.7 Å². The summed E-state index contributed by atoms with van der Waals surface area (Å²) in [6.07, 6.45) is 3.35. The van der Waals surface area contributed by atoms with E-state index < -0.39 is 0 Å². The van der Waals surface area contributed by atoms with Gasteiger partial charge < -0.3 is 9.32 Å². The highest BCUT2D eigenvalue weighted by Gasteiger charge is 2.19. The number of aryl methyl sites for hydroxylation is 1. The Morgan fingerprint density at radius 2 is 2.00 bits per heavy atom. The Balaban J connectivity index is 1.79. The average molecular weight is 338 g/mol. The van der Waals surface area contributed by atoms with Crippen LogP contribution in [0.4, 0.5) is 0 Å². The topological polar surface area (TPSA) is 64.2 Å². The summed E-state index contributed by atoms with van der Waals surface area (Å²) in [5, 5.41) is 4.47. The Kier molecular flexibility index (Phi) is 4.97. The Morgan fingerprint density at radius 3 is 2.60 bits per heavy atom. The van der Waals surface area contributed by atoms with E-state index in [9.17, 15) is 4.79 Å². The fourth-order valence-corrected chi connectivity index (χ4v) is 2.68. The van der Waals surface area contributed by atoms with Crippen LogP contribution in [0.2, 0.25) is 0 Å². The van der Waals surface area contributed by atoms with E-state index in [1.54, 1.807) is 22.0 Å². The van der Waals surface area contributed by atoms with Gasteiger partial charge in [0.15, 0.2) is 0 Å². The number of pyridine rings is 1. The van der Waals surface area contributed by atoms with Crippen LogP contribution < -0.4 is 0 Å². The minimum absolute atomic E-state index is 0.0207. The predicted molar refractivity (Wildman–Crippen MR) is 93.6 cm³/mol. The molecule has 0 radical (unpaired) electrons. The van der Waals surface area contributed by atoms with E-state index in [-0.39, 0.29) is 12.5 Å².